The molecule has 0 radical (unpaired) electrons. The van der Waals surface area contributed by atoms with E-state index in [1.807, 2.05) is 0 Å². The van der Waals surface area contributed by atoms with Gasteiger partial charge in [0, 0.05) is 31.6 Å². The average molecular weight is 323 g/mol. The number of aliphatic carboxylic acids is 1. The predicted molar refractivity (Wildman–Crippen MR) is 81.6 cm³/mol. The van der Waals surface area contributed by atoms with Gasteiger partial charge in [-0.15, -0.1) is 0 Å². The second-order valence-electron chi connectivity index (χ2n) is 5.21. The molecule has 118 valence electrons. The monoisotopic (exact) mass is 323 g/mol. The fourth-order valence-corrected chi connectivity index (χ4v) is 3.43. The fraction of sp³-hybridized carbons (Fsp3) is 0.400. The molecule has 22 heavy (non-hydrogen) atoms. The van der Waals surface area contributed by atoms with Gasteiger partial charge in [-0.1, -0.05) is 23.9 Å². The van der Waals surface area contributed by atoms with Crippen LogP contribution in [0.5, 0.6) is 5.75 Å². The smallest absolute Gasteiger partial charge is 0.326 e. The number of phenols is 1. The predicted octanol–water partition coefficient (Wildman–Crippen LogP) is 1.27. The van der Waals surface area contributed by atoms with Gasteiger partial charge < -0.3 is 15.1 Å². The summed E-state index contributed by atoms with van der Waals surface area (Å²) in [5.74, 6) is -1.22. The highest BCUT2D eigenvalue weighted by molar-refractivity contribution is 8.14. The van der Waals surface area contributed by atoms with Gasteiger partial charge in [0.25, 0.3) is 0 Å². The number of amides is 1. The SMILES string of the molecule is CC(=O)SC1CC(=O)N(C(Cc2ccc(O)cc2)C(=O)O)C1. The maximum atomic E-state index is 12.1. The van der Waals surface area contributed by atoms with Gasteiger partial charge in [0.2, 0.25) is 5.91 Å². The molecule has 1 amide bonds. The summed E-state index contributed by atoms with van der Waals surface area (Å²) in [7, 11) is 0. The zero-order valence-electron chi connectivity index (χ0n) is 12.1. The summed E-state index contributed by atoms with van der Waals surface area (Å²) in [6, 6.07) is 5.26. The van der Waals surface area contributed by atoms with Crippen molar-refractivity contribution in [1.82, 2.24) is 4.90 Å². The molecule has 1 aliphatic heterocycles. The van der Waals surface area contributed by atoms with Crippen LogP contribution in [-0.2, 0) is 20.8 Å². The molecule has 0 aliphatic carbocycles. The van der Waals surface area contributed by atoms with E-state index in [1.165, 1.54) is 24.0 Å². The Kier molecular flexibility index (Phi) is 5.07. The van der Waals surface area contributed by atoms with Gasteiger partial charge in [-0.05, 0) is 17.7 Å². The molecular formula is C15H17NO5S. The van der Waals surface area contributed by atoms with Gasteiger partial charge in [-0.25, -0.2) is 4.79 Å². The van der Waals surface area contributed by atoms with Crippen molar-refractivity contribution >= 4 is 28.8 Å². The highest BCUT2D eigenvalue weighted by Crippen LogP contribution is 2.27. The van der Waals surface area contributed by atoms with Crippen molar-refractivity contribution in [2.24, 2.45) is 0 Å². The molecule has 1 aliphatic rings. The lowest BCUT2D eigenvalue weighted by molar-refractivity contribution is -0.148. The minimum absolute atomic E-state index is 0.0786. The number of aromatic hydroxyl groups is 1. The Bertz CT molecular complexity index is 586. The van der Waals surface area contributed by atoms with E-state index in [4.69, 9.17) is 0 Å². The molecule has 1 saturated heterocycles. The molecule has 0 spiro atoms. The molecule has 1 aromatic carbocycles. The lowest BCUT2D eigenvalue weighted by atomic mass is 10.0. The maximum absolute atomic E-state index is 12.1. The second-order valence-corrected chi connectivity index (χ2v) is 6.68. The number of thioether (sulfide) groups is 1. The molecule has 2 N–H and O–H groups in total. The summed E-state index contributed by atoms with van der Waals surface area (Å²) < 4.78 is 0. The first-order valence-corrected chi connectivity index (χ1v) is 7.72. The zero-order valence-corrected chi connectivity index (χ0v) is 12.9. The largest absolute Gasteiger partial charge is 0.508 e. The number of carbonyl (C=O) groups excluding carboxylic acids is 2. The number of benzene rings is 1. The number of carboxylic acid groups (broad SMARTS) is 1. The Morgan fingerprint density at radius 3 is 2.55 bits per heavy atom. The van der Waals surface area contributed by atoms with Crippen molar-refractivity contribution in [1.29, 1.82) is 0 Å². The molecule has 0 saturated carbocycles. The molecule has 2 unspecified atom stereocenters. The summed E-state index contributed by atoms with van der Waals surface area (Å²) in [4.78, 5) is 36.0. The summed E-state index contributed by atoms with van der Waals surface area (Å²) in [6.07, 6.45) is 0.350. The third-order valence-electron chi connectivity index (χ3n) is 3.48. The lowest BCUT2D eigenvalue weighted by Crippen LogP contribution is -2.43. The molecule has 1 heterocycles. The highest BCUT2D eigenvalue weighted by Gasteiger charge is 2.38. The Labute approximate surface area is 132 Å². The molecule has 1 fully saturated rings. The number of phenolic OH excluding ortho intramolecular Hbond substituents is 1. The third kappa shape index (κ3) is 4.00. The van der Waals surface area contributed by atoms with Crippen LogP contribution in [0.1, 0.15) is 18.9 Å². The number of likely N-dealkylation sites (tertiary alicyclic amines) is 1. The minimum Gasteiger partial charge on any atom is -0.508 e. The molecular weight excluding hydrogens is 306 g/mol. The van der Waals surface area contributed by atoms with Gasteiger partial charge in [-0.3, -0.25) is 9.59 Å². The Balaban J connectivity index is 2.11. The third-order valence-corrected chi connectivity index (χ3v) is 4.46. The first kappa shape index (κ1) is 16.4. The quantitative estimate of drug-likeness (QED) is 0.847. The number of rotatable bonds is 5. The Morgan fingerprint density at radius 1 is 1.36 bits per heavy atom. The van der Waals surface area contributed by atoms with Gasteiger partial charge in [0.15, 0.2) is 5.12 Å². The van der Waals surface area contributed by atoms with Crippen molar-refractivity contribution in [2.75, 3.05) is 6.54 Å². The first-order chi connectivity index (χ1) is 10.4. The maximum Gasteiger partial charge on any atom is 0.326 e. The second kappa shape index (κ2) is 6.83. The number of nitrogens with zero attached hydrogens (tertiary/aromatic N) is 1. The van der Waals surface area contributed by atoms with E-state index in [1.54, 1.807) is 12.1 Å². The number of carbonyl (C=O) groups is 3. The van der Waals surface area contributed by atoms with E-state index in [2.05, 4.69) is 0 Å². The molecule has 2 rings (SSSR count). The molecule has 0 aromatic heterocycles. The highest BCUT2D eigenvalue weighted by atomic mass is 32.2. The van der Waals surface area contributed by atoms with E-state index in [9.17, 15) is 24.6 Å². The van der Waals surface area contributed by atoms with E-state index in [0.717, 1.165) is 17.3 Å². The fourth-order valence-electron chi connectivity index (χ4n) is 2.50. The van der Waals surface area contributed by atoms with Crippen LogP contribution in [0, 0.1) is 0 Å². The van der Waals surface area contributed by atoms with Crippen molar-refractivity contribution in [3.8, 4) is 5.75 Å². The minimum atomic E-state index is -1.07. The Morgan fingerprint density at radius 2 is 2.00 bits per heavy atom. The molecule has 7 heteroatoms. The van der Waals surface area contributed by atoms with Gasteiger partial charge in [-0.2, -0.15) is 0 Å². The topological polar surface area (TPSA) is 94.9 Å². The molecule has 2 atom stereocenters. The summed E-state index contributed by atoms with van der Waals surface area (Å²) in [5.41, 5.74) is 0.723. The van der Waals surface area contributed by atoms with Gasteiger partial charge in [0.1, 0.15) is 11.8 Å². The van der Waals surface area contributed by atoms with E-state index in [0.29, 0.717) is 0 Å². The lowest BCUT2D eigenvalue weighted by Gasteiger charge is -2.24. The van der Waals surface area contributed by atoms with Gasteiger partial charge in [0.05, 0.1) is 0 Å². The van der Waals surface area contributed by atoms with Gasteiger partial charge >= 0.3 is 5.97 Å². The van der Waals surface area contributed by atoms with Crippen LogP contribution >= 0.6 is 11.8 Å². The zero-order chi connectivity index (χ0) is 16.3. The number of carboxylic acids is 1. The van der Waals surface area contributed by atoms with Crippen molar-refractivity contribution in [2.45, 2.75) is 31.1 Å². The molecule has 0 bridgehead atoms. The van der Waals surface area contributed by atoms with Crippen molar-refractivity contribution < 1.29 is 24.6 Å². The molecule has 6 nitrogen and oxygen atoms in total. The van der Waals surface area contributed by atoms with E-state index >= 15 is 0 Å². The van der Waals surface area contributed by atoms with Crippen LogP contribution < -0.4 is 0 Å². The summed E-state index contributed by atoms with van der Waals surface area (Å²) >= 11 is 1.08. The summed E-state index contributed by atoms with van der Waals surface area (Å²) in [6.45, 7) is 1.70. The van der Waals surface area contributed by atoms with Crippen molar-refractivity contribution in [3.63, 3.8) is 0 Å². The van der Waals surface area contributed by atoms with Crippen LogP contribution in [-0.4, -0.2) is 49.9 Å². The number of hydrogen-bond donors (Lipinski definition) is 2. The van der Waals surface area contributed by atoms with Crippen molar-refractivity contribution in [3.05, 3.63) is 29.8 Å². The number of hydrogen-bond acceptors (Lipinski definition) is 5. The first-order valence-electron chi connectivity index (χ1n) is 6.84. The average Bonchev–Trinajstić information content (AvgIpc) is 2.77. The van der Waals surface area contributed by atoms with Crippen LogP contribution in [0.4, 0.5) is 0 Å². The van der Waals surface area contributed by atoms with Crippen LogP contribution in [0.15, 0.2) is 24.3 Å². The van der Waals surface area contributed by atoms with Crippen LogP contribution in [0.25, 0.3) is 0 Å². The van der Waals surface area contributed by atoms with E-state index < -0.39 is 12.0 Å². The normalized spacial score (nSPS) is 19.2. The summed E-state index contributed by atoms with van der Waals surface area (Å²) in [5, 5.41) is 18.4. The Hall–Kier alpha value is -2.02. The molecule has 1 aromatic rings. The van der Waals surface area contributed by atoms with Crippen LogP contribution in [0.2, 0.25) is 0 Å². The van der Waals surface area contributed by atoms with Crippen LogP contribution in [0.3, 0.4) is 0 Å². The van der Waals surface area contributed by atoms with E-state index in [-0.39, 0.29) is 41.4 Å². The standard InChI is InChI=1S/C15H17NO5S/c1-9(17)22-12-7-14(19)16(8-12)13(15(20)21)6-10-2-4-11(18)5-3-10/h2-5,12-13,18H,6-8H2,1H3,(H,20,21).